The predicted molar refractivity (Wildman–Crippen MR) is 116 cm³/mol. The van der Waals surface area contributed by atoms with Gasteiger partial charge in [0.15, 0.2) is 0 Å². The Morgan fingerprint density at radius 3 is 2.66 bits per heavy atom. The first-order valence-electron chi connectivity index (χ1n) is 10.4. The van der Waals surface area contributed by atoms with E-state index in [0.717, 1.165) is 44.8 Å². The van der Waals surface area contributed by atoms with Gasteiger partial charge in [0.25, 0.3) is 0 Å². The zero-order valence-electron chi connectivity index (χ0n) is 17.1. The van der Waals surface area contributed by atoms with Gasteiger partial charge in [0, 0.05) is 57.8 Å². The molecule has 1 saturated heterocycles. The lowest BCUT2D eigenvalue weighted by Crippen LogP contribution is -2.52. The van der Waals surface area contributed by atoms with Crippen LogP contribution in [-0.4, -0.2) is 57.0 Å². The standard InChI is InChI=1S/C24H30N4O/c1-20-8-9-24(28-12-5-11-25-28)22(16-20)18-26-13-14-27(23(19-26)10-15-29)17-21-6-3-2-4-7-21/h2-9,11-12,16,23,29H,10,13-15,17-19H2,1H3/t23-/m0/s1. The minimum absolute atomic E-state index is 0.229. The molecule has 152 valence electrons. The Hall–Kier alpha value is -2.47. The molecule has 29 heavy (non-hydrogen) atoms. The molecule has 2 aromatic carbocycles. The van der Waals surface area contributed by atoms with Crippen LogP contribution in [0.1, 0.15) is 23.1 Å². The zero-order chi connectivity index (χ0) is 20.1. The highest BCUT2D eigenvalue weighted by Crippen LogP contribution is 2.22. The summed E-state index contributed by atoms with van der Waals surface area (Å²) in [5, 5.41) is 14.1. The molecule has 1 aliphatic heterocycles. The van der Waals surface area contributed by atoms with Crippen LogP contribution in [0.4, 0.5) is 0 Å². The summed E-state index contributed by atoms with van der Waals surface area (Å²) in [7, 11) is 0. The highest BCUT2D eigenvalue weighted by atomic mass is 16.3. The molecule has 0 amide bonds. The molecule has 1 fully saturated rings. The van der Waals surface area contributed by atoms with Gasteiger partial charge in [0.2, 0.25) is 0 Å². The van der Waals surface area contributed by atoms with E-state index in [9.17, 15) is 5.11 Å². The predicted octanol–water partition coefficient (Wildman–Crippen LogP) is 3.25. The Balaban J connectivity index is 1.48. The minimum Gasteiger partial charge on any atom is -0.396 e. The Labute approximate surface area is 173 Å². The van der Waals surface area contributed by atoms with Crippen LogP contribution in [-0.2, 0) is 13.1 Å². The summed E-state index contributed by atoms with van der Waals surface area (Å²) >= 11 is 0. The van der Waals surface area contributed by atoms with Crippen molar-refractivity contribution in [3.63, 3.8) is 0 Å². The summed E-state index contributed by atoms with van der Waals surface area (Å²) < 4.78 is 1.95. The first kappa shape index (κ1) is 19.8. The fourth-order valence-electron chi connectivity index (χ4n) is 4.27. The van der Waals surface area contributed by atoms with Crippen LogP contribution in [0, 0.1) is 6.92 Å². The van der Waals surface area contributed by atoms with Crippen molar-refractivity contribution in [2.45, 2.75) is 32.5 Å². The topological polar surface area (TPSA) is 44.5 Å². The summed E-state index contributed by atoms with van der Waals surface area (Å²) in [6.45, 7) is 7.24. The highest BCUT2D eigenvalue weighted by Gasteiger charge is 2.27. The highest BCUT2D eigenvalue weighted by molar-refractivity contribution is 5.42. The quantitative estimate of drug-likeness (QED) is 0.673. The van der Waals surface area contributed by atoms with Gasteiger partial charge in [-0.15, -0.1) is 0 Å². The van der Waals surface area contributed by atoms with E-state index in [0.29, 0.717) is 6.04 Å². The molecular formula is C24H30N4O. The fourth-order valence-corrected chi connectivity index (χ4v) is 4.27. The molecule has 1 N–H and O–H groups in total. The second-order valence-corrected chi connectivity index (χ2v) is 7.94. The lowest BCUT2D eigenvalue weighted by atomic mass is 10.0. The van der Waals surface area contributed by atoms with Crippen LogP contribution >= 0.6 is 0 Å². The molecule has 5 heteroatoms. The maximum absolute atomic E-state index is 9.63. The number of aliphatic hydroxyl groups is 1. The van der Waals surface area contributed by atoms with Crippen molar-refractivity contribution in [1.82, 2.24) is 19.6 Å². The third-order valence-electron chi connectivity index (χ3n) is 5.76. The van der Waals surface area contributed by atoms with Gasteiger partial charge < -0.3 is 5.11 Å². The van der Waals surface area contributed by atoms with Crippen molar-refractivity contribution in [3.8, 4) is 5.69 Å². The molecule has 4 rings (SSSR count). The number of aryl methyl sites for hydroxylation is 1. The largest absolute Gasteiger partial charge is 0.396 e. The van der Waals surface area contributed by atoms with Crippen molar-refractivity contribution in [1.29, 1.82) is 0 Å². The number of piperazine rings is 1. The number of rotatable bonds is 7. The molecule has 3 aromatic rings. The molecule has 0 unspecified atom stereocenters. The van der Waals surface area contributed by atoms with Crippen LogP contribution in [0.15, 0.2) is 67.0 Å². The van der Waals surface area contributed by atoms with E-state index in [1.165, 1.54) is 16.7 Å². The lowest BCUT2D eigenvalue weighted by molar-refractivity contribution is 0.0499. The van der Waals surface area contributed by atoms with E-state index in [1.807, 2.05) is 23.1 Å². The average Bonchev–Trinajstić information content (AvgIpc) is 3.26. The van der Waals surface area contributed by atoms with E-state index < -0.39 is 0 Å². The smallest absolute Gasteiger partial charge is 0.0690 e. The molecule has 0 saturated carbocycles. The van der Waals surface area contributed by atoms with E-state index >= 15 is 0 Å². The molecule has 1 aromatic heterocycles. The Bertz CT molecular complexity index is 895. The lowest BCUT2D eigenvalue weighted by Gasteiger charge is -2.41. The van der Waals surface area contributed by atoms with Crippen molar-refractivity contribution in [3.05, 3.63) is 83.7 Å². The third-order valence-corrected chi connectivity index (χ3v) is 5.76. The van der Waals surface area contributed by atoms with E-state index in [2.05, 4.69) is 70.4 Å². The first-order chi connectivity index (χ1) is 14.2. The van der Waals surface area contributed by atoms with Gasteiger partial charge in [-0.05, 0) is 36.6 Å². The van der Waals surface area contributed by atoms with Crippen molar-refractivity contribution in [2.75, 3.05) is 26.2 Å². The summed E-state index contributed by atoms with van der Waals surface area (Å²) in [6, 6.07) is 19.5. The molecule has 0 radical (unpaired) electrons. The maximum Gasteiger partial charge on any atom is 0.0690 e. The van der Waals surface area contributed by atoms with Crippen molar-refractivity contribution < 1.29 is 5.11 Å². The number of aromatic nitrogens is 2. The third kappa shape index (κ3) is 4.93. The molecular weight excluding hydrogens is 360 g/mol. The second kappa shape index (κ2) is 9.35. The van der Waals surface area contributed by atoms with Crippen LogP contribution in [0.3, 0.4) is 0 Å². The van der Waals surface area contributed by atoms with Crippen LogP contribution in [0.5, 0.6) is 0 Å². The van der Waals surface area contributed by atoms with Gasteiger partial charge in [-0.3, -0.25) is 9.80 Å². The molecule has 1 atom stereocenters. The van der Waals surface area contributed by atoms with Gasteiger partial charge >= 0.3 is 0 Å². The van der Waals surface area contributed by atoms with Gasteiger partial charge in [-0.1, -0.05) is 48.0 Å². The molecule has 5 nitrogen and oxygen atoms in total. The number of hydrogen-bond donors (Lipinski definition) is 1. The summed E-state index contributed by atoms with van der Waals surface area (Å²) in [6.07, 6.45) is 4.63. The van der Waals surface area contributed by atoms with Gasteiger partial charge in [-0.25, -0.2) is 4.68 Å². The molecule has 2 heterocycles. The second-order valence-electron chi connectivity index (χ2n) is 7.94. The molecule has 1 aliphatic rings. The SMILES string of the molecule is Cc1ccc(-n2cccn2)c(CN2CCN(Cc3ccccc3)[C@@H](CCO)C2)c1. The first-order valence-corrected chi connectivity index (χ1v) is 10.4. The summed E-state index contributed by atoms with van der Waals surface area (Å²) in [4.78, 5) is 5.04. The van der Waals surface area contributed by atoms with Crippen LogP contribution < -0.4 is 0 Å². The van der Waals surface area contributed by atoms with Crippen LogP contribution in [0.25, 0.3) is 5.69 Å². The van der Waals surface area contributed by atoms with E-state index in [1.54, 1.807) is 0 Å². The van der Waals surface area contributed by atoms with Crippen molar-refractivity contribution in [2.24, 2.45) is 0 Å². The Morgan fingerprint density at radius 1 is 1.03 bits per heavy atom. The van der Waals surface area contributed by atoms with Gasteiger partial charge in [0.1, 0.15) is 0 Å². The average molecular weight is 391 g/mol. The monoisotopic (exact) mass is 390 g/mol. The number of nitrogens with zero attached hydrogens (tertiary/aromatic N) is 4. The number of hydrogen-bond acceptors (Lipinski definition) is 4. The fraction of sp³-hybridized carbons (Fsp3) is 0.375. The number of aliphatic hydroxyl groups excluding tert-OH is 1. The Morgan fingerprint density at radius 2 is 1.90 bits per heavy atom. The molecule has 0 aliphatic carbocycles. The molecule has 0 bridgehead atoms. The Kier molecular flexibility index (Phi) is 6.39. The minimum atomic E-state index is 0.229. The van der Waals surface area contributed by atoms with Gasteiger partial charge in [0.05, 0.1) is 5.69 Å². The van der Waals surface area contributed by atoms with Crippen molar-refractivity contribution >= 4 is 0 Å². The summed E-state index contributed by atoms with van der Waals surface area (Å²) in [5.41, 5.74) is 5.05. The van der Waals surface area contributed by atoms with E-state index in [-0.39, 0.29) is 6.61 Å². The maximum atomic E-state index is 9.63. The van der Waals surface area contributed by atoms with E-state index in [4.69, 9.17) is 0 Å². The normalized spacial score (nSPS) is 18.2. The van der Waals surface area contributed by atoms with Crippen LogP contribution in [0.2, 0.25) is 0 Å². The summed E-state index contributed by atoms with van der Waals surface area (Å²) in [5.74, 6) is 0. The zero-order valence-corrected chi connectivity index (χ0v) is 17.1. The molecule has 0 spiro atoms. The number of benzene rings is 2. The van der Waals surface area contributed by atoms with Gasteiger partial charge in [-0.2, -0.15) is 5.10 Å².